The Hall–Kier alpha value is -3.13. The van der Waals surface area contributed by atoms with Crippen LogP contribution in [0.25, 0.3) is 0 Å². The molecule has 116 valence electrons. The first-order chi connectivity index (χ1) is 11.1. The molecule has 0 heterocycles. The van der Waals surface area contributed by atoms with Crippen LogP contribution >= 0.6 is 0 Å². The molecule has 2 aromatic rings. The van der Waals surface area contributed by atoms with Crippen LogP contribution in [0.3, 0.4) is 0 Å². The number of carbonyl (C=O) groups is 2. The second kappa shape index (κ2) is 7.76. The number of ether oxygens (including phenoxy) is 1. The SMILES string of the molecule is CN(Cc1ccccc1)C(=O)COC(=O)c1cccc(C#N)c1. The van der Waals surface area contributed by atoms with Gasteiger partial charge in [-0.3, -0.25) is 4.79 Å². The summed E-state index contributed by atoms with van der Waals surface area (Å²) in [5, 5.41) is 8.81. The highest BCUT2D eigenvalue weighted by atomic mass is 16.5. The molecule has 23 heavy (non-hydrogen) atoms. The average molecular weight is 308 g/mol. The van der Waals surface area contributed by atoms with Crippen molar-refractivity contribution in [3.63, 3.8) is 0 Å². The van der Waals surface area contributed by atoms with Crippen molar-refractivity contribution in [3.8, 4) is 6.07 Å². The summed E-state index contributed by atoms with van der Waals surface area (Å²) in [4.78, 5) is 25.4. The third-order valence-corrected chi connectivity index (χ3v) is 3.24. The molecule has 0 bridgehead atoms. The van der Waals surface area contributed by atoms with Crippen LogP contribution < -0.4 is 0 Å². The Balaban J connectivity index is 1.88. The van der Waals surface area contributed by atoms with E-state index in [4.69, 9.17) is 10.00 Å². The lowest BCUT2D eigenvalue weighted by molar-refractivity contribution is -0.133. The number of amides is 1. The topological polar surface area (TPSA) is 70.4 Å². The van der Waals surface area contributed by atoms with E-state index >= 15 is 0 Å². The molecular formula is C18H16N2O3. The maximum atomic E-state index is 12.0. The summed E-state index contributed by atoms with van der Waals surface area (Å²) >= 11 is 0. The largest absolute Gasteiger partial charge is 0.452 e. The summed E-state index contributed by atoms with van der Waals surface area (Å²) in [6.45, 7) is 0.111. The van der Waals surface area contributed by atoms with Gasteiger partial charge >= 0.3 is 5.97 Å². The molecule has 0 saturated carbocycles. The number of rotatable bonds is 5. The summed E-state index contributed by atoms with van der Waals surface area (Å²) in [5.41, 5.74) is 1.62. The summed E-state index contributed by atoms with van der Waals surface area (Å²) in [6, 6.07) is 17.7. The van der Waals surface area contributed by atoms with E-state index in [1.54, 1.807) is 25.2 Å². The van der Waals surface area contributed by atoms with E-state index in [1.165, 1.54) is 11.0 Å². The minimum absolute atomic E-state index is 0.252. The minimum Gasteiger partial charge on any atom is -0.452 e. The molecule has 0 aliphatic carbocycles. The second-order valence-electron chi connectivity index (χ2n) is 5.00. The molecule has 2 rings (SSSR count). The van der Waals surface area contributed by atoms with Gasteiger partial charge in [-0.15, -0.1) is 0 Å². The smallest absolute Gasteiger partial charge is 0.338 e. The monoisotopic (exact) mass is 308 g/mol. The Morgan fingerprint density at radius 2 is 1.87 bits per heavy atom. The predicted molar refractivity (Wildman–Crippen MR) is 84.4 cm³/mol. The zero-order valence-corrected chi connectivity index (χ0v) is 12.7. The van der Waals surface area contributed by atoms with Crippen molar-refractivity contribution in [2.75, 3.05) is 13.7 Å². The number of nitriles is 1. The van der Waals surface area contributed by atoms with Crippen molar-refractivity contribution in [2.24, 2.45) is 0 Å². The Bertz CT molecular complexity index is 735. The van der Waals surface area contributed by atoms with E-state index < -0.39 is 5.97 Å². The fraction of sp³-hybridized carbons (Fsp3) is 0.167. The Morgan fingerprint density at radius 3 is 2.57 bits per heavy atom. The standard InChI is InChI=1S/C18H16N2O3/c1-20(12-14-6-3-2-4-7-14)17(21)13-23-18(22)16-9-5-8-15(10-16)11-19/h2-10H,12-13H2,1H3. The molecule has 0 spiro atoms. The Morgan fingerprint density at radius 1 is 1.13 bits per heavy atom. The lowest BCUT2D eigenvalue weighted by atomic mass is 10.1. The molecule has 1 amide bonds. The summed E-state index contributed by atoms with van der Waals surface area (Å²) in [7, 11) is 1.65. The molecular weight excluding hydrogens is 292 g/mol. The molecule has 0 unspecified atom stereocenters. The van der Waals surface area contributed by atoms with Crippen molar-refractivity contribution in [2.45, 2.75) is 6.54 Å². The number of nitrogens with zero attached hydrogens (tertiary/aromatic N) is 2. The van der Waals surface area contributed by atoms with Gasteiger partial charge in [-0.1, -0.05) is 36.4 Å². The van der Waals surface area contributed by atoms with E-state index in [-0.39, 0.29) is 18.1 Å². The predicted octanol–water partition coefficient (Wildman–Crippen LogP) is 2.37. The van der Waals surface area contributed by atoms with Crippen LogP contribution in [0.2, 0.25) is 0 Å². The van der Waals surface area contributed by atoms with Gasteiger partial charge in [0.25, 0.3) is 5.91 Å². The van der Waals surface area contributed by atoms with Crippen LogP contribution in [-0.4, -0.2) is 30.4 Å². The Kier molecular flexibility index (Phi) is 5.48. The van der Waals surface area contributed by atoms with Crippen LogP contribution in [0, 0.1) is 11.3 Å². The molecule has 0 aliphatic rings. The van der Waals surface area contributed by atoms with Crippen molar-refractivity contribution in [1.82, 2.24) is 4.90 Å². The summed E-state index contributed by atoms with van der Waals surface area (Å²) < 4.78 is 5.01. The van der Waals surface area contributed by atoms with E-state index in [9.17, 15) is 9.59 Å². The first-order valence-corrected chi connectivity index (χ1v) is 7.05. The van der Waals surface area contributed by atoms with Gasteiger partial charge in [0.2, 0.25) is 0 Å². The number of likely N-dealkylation sites (N-methyl/N-ethyl adjacent to an activating group) is 1. The van der Waals surface area contributed by atoms with Crippen molar-refractivity contribution in [1.29, 1.82) is 5.26 Å². The van der Waals surface area contributed by atoms with Crippen molar-refractivity contribution >= 4 is 11.9 Å². The maximum absolute atomic E-state index is 12.0. The molecule has 5 nitrogen and oxygen atoms in total. The van der Waals surface area contributed by atoms with E-state index in [0.29, 0.717) is 12.1 Å². The van der Waals surface area contributed by atoms with Gasteiger partial charge in [0.15, 0.2) is 6.61 Å². The quantitative estimate of drug-likeness (QED) is 0.795. The summed E-state index contributed by atoms with van der Waals surface area (Å²) in [5.74, 6) is -0.915. The zero-order chi connectivity index (χ0) is 16.7. The fourth-order valence-electron chi connectivity index (χ4n) is 1.98. The van der Waals surface area contributed by atoms with Gasteiger partial charge in [0, 0.05) is 13.6 Å². The molecule has 0 aromatic heterocycles. The molecule has 0 saturated heterocycles. The van der Waals surface area contributed by atoms with Gasteiger partial charge in [-0.25, -0.2) is 4.79 Å². The summed E-state index contributed by atoms with van der Waals surface area (Å²) in [6.07, 6.45) is 0. The molecule has 0 N–H and O–H groups in total. The second-order valence-corrected chi connectivity index (χ2v) is 5.00. The fourth-order valence-corrected chi connectivity index (χ4v) is 1.98. The van der Waals surface area contributed by atoms with E-state index in [0.717, 1.165) is 5.56 Å². The third kappa shape index (κ3) is 4.68. The number of benzene rings is 2. The number of hydrogen-bond donors (Lipinski definition) is 0. The normalized spacial score (nSPS) is 9.74. The van der Waals surface area contributed by atoms with Crippen LogP contribution in [0.5, 0.6) is 0 Å². The highest BCUT2D eigenvalue weighted by Gasteiger charge is 2.14. The molecule has 0 radical (unpaired) electrons. The van der Waals surface area contributed by atoms with E-state index in [1.807, 2.05) is 36.4 Å². The van der Waals surface area contributed by atoms with Gasteiger partial charge in [-0.2, -0.15) is 5.26 Å². The first kappa shape index (κ1) is 16.2. The Labute approximate surface area is 134 Å². The first-order valence-electron chi connectivity index (χ1n) is 7.05. The van der Waals surface area contributed by atoms with Gasteiger partial charge in [-0.05, 0) is 23.8 Å². The maximum Gasteiger partial charge on any atom is 0.338 e. The van der Waals surface area contributed by atoms with Crippen LogP contribution in [0.4, 0.5) is 0 Å². The average Bonchev–Trinajstić information content (AvgIpc) is 2.60. The lowest BCUT2D eigenvalue weighted by Gasteiger charge is -2.17. The van der Waals surface area contributed by atoms with Crippen LogP contribution in [0.15, 0.2) is 54.6 Å². The third-order valence-electron chi connectivity index (χ3n) is 3.24. The molecule has 0 fully saturated rings. The lowest BCUT2D eigenvalue weighted by Crippen LogP contribution is -2.30. The van der Waals surface area contributed by atoms with Gasteiger partial charge < -0.3 is 9.64 Å². The van der Waals surface area contributed by atoms with Crippen molar-refractivity contribution in [3.05, 3.63) is 71.3 Å². The minimum atomic E-state index is -0.622. The highest BCUT2D eigenvalue weighted by Crippen LogP contribution is 2.07. The number of carbonyl (C=O) groups excluding carboxylic acids is 2. The number of esters is 1. The molecule has 0 aliphatic heterocycles. The molecule has 5 heteroatoms. The van der Waals surface area contributed by atoms with Crippen LogP contribution in [-0.2, 0) is 16.1 Å². The van der Waals surface area contributed by atoms with Crippen LogP contribution in [0.1, 0.15) is 21.5 Å². The van der Waals surface area contributed by atoms with Crippen molar-refractivity contribution < 1.29 is 14.3 Å². The zero-order valence-electron chi connectivity index (χ0n) is 12.7. The van der Waals surface area contributed by atoms with Gasteiger partial charge in [0.05, 0.1) is 17.2 Å². The molecule has 2 aromatic carbocycles. The number of hydrogen-bond acceptors (Lipinski definition) is 4. The molecule has 0 atom stereocenters. The van der Waals surface area contributed by atoms with Gasteiger partial charge in [0.1, 0.15) is 0 Å². The highest BCUT2D eigenvalue weighted by molar-refractivity contribution is 5.91. The van der Waals surface area contributed by atoms with E-state index in [2.05, 4.69) is 0 Å².